The van der Waals surface area contributed by atoms with Gasteiger partial charge in [0.25, 0.3) is 0 Å². The van der Waals surface area contributed by atoms with E-state index in [-0.39, 0.29) is 5.82 Å². The number of carbonyl (C=O) groups excluding carboxylic acids is 1. The zero-order chi connectivity index (χ0) is 8.55. The van der Waals surface area contributed by atoms with Crippen LogP contribution >= 0.6 is 0 Å². The maximum Gasteiger partial charge on any atom is 0.305 e. The van der Waals surface area contributed by atoms with Gasteiger partial charge in [-0.15, -0.1) is 0 Å². The highest BCUT2D eigenvalue weighted by Crippen LogP contribution is 2.04. The van der Waals surface area contributed by atoms with E-state index in [9.17, 15) is 4.79 Å². The Balaban J connectivity index is 2.70. The lowest BCUT2D eigenvalue weighted by Gasteiger charge is -1.80. The molecule has 2 aromatic heterocycles. The Hall–Kier alpha value is -1.98. The maximum absolute atomic E-state index is 10.5. The number of rotatable bonds is 1. The summed E-state index contributed by atoms with van der Waals surface area (Å²) in [5.41, 5.74) is 7.74. The summed E-state index contributed by atoms with van der Waals surface area (Å²) in [5, 5.41) is 0. The molecule has 0 spiro atoms. The Morgan fingerprint density at radius 3 is 3.08 bits per heavy atom. The first-order valence-corrected chi connectivity index (χ1v) is 3.19. The lowest BCUT2D eigenvalue weighted by atomic mass is 10.6. The monoisotopic (exact) mass is 162 g/mol. The summed E-state index contributed by atoms with van der Waals surface area (Å²) in [4.78, 5) is 24.5. The van der Waals surface area contributed by atoms with Gasteiger partial charge >= 0.3 is 5.91 Å². The Morgan fingerprint density at radius 1 is 1.58 bits per heavy atom. The molecule has 59 valence electrons. The minimum absolute atomic E-state index is 0.00880. The van der Waals surface area contributed by atoms with Gasteiger partial charge in [0.1, 0.15) is 11.8 Å². The van der Waals surface area contributed by atoms with E-state index < -0.39 is 5.91 Å². The molecule has 6 heteroatoms. The van der Waals surface area contributed by atoms with Crippen LogP contribution in [0.1, 0.15) is 10.6 Å². The van der Waals surface area contributed by atoms with Crippen LogP contribution in [-0.2, 0) is 0 Å². The van der Waals surface area contributed by atoms with Gasteiger partial charge in [-0.05, 0) is 0 Å². The van der Waals surface area contributed by atoms with E-state index in [4.69, 9.17) is 5.73 Å². The largest absolute Gasteiger partial charge is 0.318 e. The van der Waals surface area contributed by atoms with E-state index >= 15 is 0 Å². The summed E-state index contributed by atoms with van der Waals surface area (Å²) in [6.07, 6.45) is 2.82. The van der Waals surface area contributed by atoms with Crippen molar-refractivity contribution in [3.63, 3.8) is 0 Å². The summed E-state index contributed by atoms with van der Waals surface area (Å²) in [6, 6.07) is 0. The molecule has 0 aliphatic heterocycles. The third-order valence-corrected chi connectivity index (χ3v) is 1.38. The van der Waals surface area contributed by atoms with E-state index in [0.717, 1.165) is 0 Å². The molecule has 2 aromatic rings. The number of hydrogen-bond acceptors (Lipinski definition) is 4. The number of H-pyrrole nitrogens is 1. The fourth-order valence-corrected chi connectivity index (χ4v) is 0.869. The summed E-state index contributed by atoms with van der Waals surface area (Å²) in [6.45, 7) is 0. The number of aromatic nitrogens is 4. The first kappa shape index (κ1) is 6.71. The molecule has 0 saturated heterocycles. The molecule has 0 aliphatic rings. The lowest BCUT2D eigenvalue weighted by Crippen LogP contribution is -2.00. The second-order valence-corrected chi connectivity index (χ2v) is 2.17. The van der Waals surface area contributed by atoms with Gasteiger partial charge < -0.3 is 4.98 Å². The van der Waals surface area contributed by atoms with Crippen molar-refractivity contribution in [3.8, 4) is 0 Å². The fourth-order valence-electron chi connectivity index (χ4n) is 0.869. The average molecular weight is 162 g/mol. The van der Waals surface area contributed by atoms with E-state index in [0.29, 0.717) is 11.2 Å². The Morgan fingerprint density at radius 2 is 2.42 bits per heavy atom. The summed E-state index contributed by atoms with van der Waals surface area (Å²) < 4.78 is 0. The van der Waals surface area contributed by atoms with Crippen LogP contribution in [-0.4, -0.2) is 25.8 Å². The number of nitrogens with zero attached hydrogens (tertiary/aromatic N) is 3. The highest BCUT2D eigenvalue weighted by molar-refractivity contribution is 5.91. The van der Waals surface area contributed by atoms with Crippen LogP contribution in [0.25, 0.3) is 11.2 Å². The quantitative estimate of drug-likeness (QED) is 0.626. The van der Waals surface area contributed by atoms with Crippen LogP contribution in [0.15, 0.2) is 12.5 Å². The molecule has 0 atom stereocenters. The van der Waals surface area contributed by atoms with Gasteiger partial charge in [-0.25, -0.2) is 15.0 Å². The minimum atomic E-state index is -0.854. The molecule has 1 radical (unpaired) electrons. The molecule has 2 N–H and O–H groups in total. The third kappa shape index (κ3) is 0.895. The van der Waals surface area contributed by atoms with Crippen molar-refractivity contribution in [3.05, 3.63) is 18.3 Å². The summed E-state index contributed by atoms with van der Waals surface area (Å²) in [7, 11) is 0. The second-order valence-electron chi connectivity index (χ2n) is 2.17. The first-order chi connectivity index (χ1) is 5.77. The van der Waals surface area contributed by atoms with Crippen molar-refractivity contribution in [2.24, 2.45) is 0 Å². The average Bonchev–Trinajstić information content (AvgIpc) is 2.46. The normalized spacial score (nSPS) is 10.3. The zero-order valence-electron chi connectivity index (χ0n) is 5.90. The molecule has 0 unspecified atom stereocenters. The molecule has 2 rings (SSSR count). The molecule has 0 fully saturated rings. The van der Waals surface area contributed by atoms with Crippen LogP contribution in [0.5, 0.6) is 0 Å². The van der Waals surface area contributed by atoms with Gasteiger partial charge in [0.2, 0.25) is 0 Å². The van der Waals surface area contributed by atoms with E-state index in [2.05, 4.69) is 19.9 Å². The molecule has 2 heterocycles. The molecule has 6 nitrogen and oxygen atoms in total. The predicted molar refractivity (Wildman–Crippen MR) is 39.1 cm³/mol. The standard InChI is InChI=1S/C6H4N5O/c7-4(12)6-10-3-1-8-2-9-5(3)11-6/h1-2,7H,(H,8,9,10,11). The first-order valence-electron chi connectivity index (χ1n) is 3.19. The maximum atomic E-state index is 10.5. The highest BCUT2D eigenvalue weighted by Gasteiger charge is 2.07. The smallest absolute Gasteiger partial charge is 0.305 e. The molecule has 0 saturated carbocycles. The van der Waals surface area contributed by atoms with E-state index in [1.54, 1.807) is 0 Å². The molecule has 0 aliphatic carbocycles. The third-order valence-electron chi connectivity index (χ3n) is 1.38. The van der Waals surface area contributed by atoms with Crippen molar-refractivity contribution in [1.82, 2.24) is 25.7 Å². The van der Waals surface area contributed by atoms with Crippen LogP contribution < -0.4 is 5.73 Å². The Bertz CT molecular complexity index is 401. The molecule has 1 amide bonds. The number of hydrogen-bond donors (Lipinski definition) is 1. The lowest BCUT2D eigenvalue weighted by molar-refractivity contribution is 0.0983. The number of aromatic amines is 1. The van der Waals surface area contributed by atoms with Crippen LogP contribution in [0, 0.1) is 0 Å². The van der Waals surface area contributed by atoms with Crippen molar-refractivity contribution < 1.29 is 4.79 Å². The van der Waals surface area contributed by atoms with Crippen LogP contribution in [0.4, 0.5) is 0 Å². The molecular weight excluding hydrogens is 158 g/mol. The second kappa shape index (κ2) is 2.26. The number of carbonyl (C=O) groups is 1. The Kier molecular flexibility index (Phi) is 1.26. The predicted octanol–water partition coefficient (Wildman–Crippen LogP) is -0.224. The summed E-state index contributed by atoms with van der Waals surface area (Å²) >= 11 is 0. The van der Waals surface area contributed by atoms with Gasteiger partial charge in [-0.2, -0.15) is 0 Å². The topological polar surface area (TPSA) is 95.3 Å². The van der Waals surface area contributed by atoms with Gasteiger partial charge in [-0.3, -0.25) is 10.5 Å². The van der Waals surface area contributed by atoms with E-state index in [1.807, 2.05) is 0 Å². The molecule has 12 heavy (non-hydrogen) atoms. The van der Waals surface area contributed by atoms with Gasteiger partial charge in [0.15, 0.2) is 11.5 Å². The van der Waals surface area contributed by atoms with Crippen LogP contribution in [0.2, 0.25) is 0 Å². The van der Waals surface area contributed by atoms with Crippen LogP contribution in [0.3, 0.4) is 0 Å². The minimum Gasteiger partial charge on any atom is -0.318 e. The zero-order valence-corrected chi connectivity index (χ0v) is 5.90. The number of imidazole rings is 1. The van der Waals surface area contributed by atoms with E-state index in [1.165, 1.54) is 12.5 Å². The molecule has 0 bridgehead atoms. The van der Waals surface area contributed by atoms with Crippen molar-refractivity contribution in [1.29, 1.82) is 0 Å². The summed E-state index contributed by atoms with van der Waals surface area (Å²) in [5.74, 6) is -0.862. The number of nitrogens with one attached hydrogen (secondary N) is 2. The van der Waals surface area contributed by atoms with Crippen molar-refractivity contribution in [2.45, 2.75) is 0 Å². The van der Waals surface area contributed by atoms with Crippen molar-refractivity contribution >= 4 is 17.1 Å². The van der Waals surface area contributed by atoms with Crippen molar-refractivity contribution in [2.75, 3.05) is 0 Å². The molecule has 0 aromatic carbocycles. The Labute approximate surface area is 66.8 Å². The molecular formula is C6H4N5O. The van der Waals surface area contributed by atoms with Gasteiger partial charge in [-0.1, -0.05) is 0 Å². The SMILES string of the molecule is [NH]C(=O)c1nc2cncnc2[nH]1. The number of fused-ring (bicyclic) bond motifs is 1. The van der Waals surface area contributed by atoms with Gasteiger partial charge in [0.05, 0.1) is 6.20 Å². The fraction of sp³-hybridized carbons (Fsp3) is 0. The van der Waals surface area contributed by atoms with Gasteiger partial charge in [0, 0.05) is 0 Å². The highest BCUT2D eigenvalue weighted by atomic mass is 16.1. The number of amides is 1.